The van der Waals surface area contributed by atoms with E-state index in [-0.39, 0.29) is 5.92 Å². The molecule has 2 heteroatoms. The third-order valence-electron chi connectivity index (χ3n) is 6.97. The fourth-order valence-electron chi connectivity index (χ4n) is 5.37. The summed E-state index contributed by atoms with van der Waals surface area (Å²) in [5, 5.41) is 0. The molecule has 0 saturated heterocycles. The molecular formula is C23H34F2. The van der Waals surface area contributed by atoms with Crippen molar-refractivity contribution in [1.82, 2.24) is 0 Å². The minimum absolute atomic E-state index is 0.220. The Hall–Kier alpha value is -0.920. The Labute approximate surface area is 152 Å². The summed E-state index contributed by atoms with van der Waals surface area (Å²) in [6, 6.07) is 4.66. The fraction of sp³-hybridized carbons (Fsp3) is 0.739. The summed E-state index contributed by atoms with van der Waals surface area (Å²) in [6.07, 6.45) is 15.7. The molecule has 1 aromatic carbocycles. The smallest absolute Gasteiger partial charge is 0.162 e. The van der Waals surface area contributed by atoms with E-state index in [9.17, 15) is 8.78 Å². The van der Waals surface area contributed by atoms with E-state index in [1.54, 1.807) is 12.1 Å². The number of rotatable bonds is 6. The van der Waals surface area contributed by atoms with Gasteiger partial charge in [-0.2, -0.15) is 0 Å². The normalized spacial score (nSPS) is 30.4. The molecular weight excluding hydrogens is 314 g/mol. The quantitative estimate of drug-likeness (QED) is 0.464. The molecule has 0 nitrogen and oxygen atoms in total. The van der Waals surface area contributed by atoms with Gasteiger partial charge < -0.3 is 0 Å². The van der Waals surface area contributed by atoms with E-state index in [0.717, 1.165) is 30.6 Å². The van der Waals surface area contributed by atoms with Crippen LogP contribution in [0.4, 0.5) is 8.78 Å². The van der Waals surface area contributed by atoms with Crippen molar-refractivity contribution in [3.05, 3.63) is 35.4 Å². The van der Waals surface area contributed by atoms with Crippen molar-refractivity contribution in [1.29, 1.82) is 0 Å². The van der Waals surface area contributed by atoms with Gasteiger partial charge in [0.15, 0.2) is 11.6 Å². The monoisotopic (exact) mass is 348 g/mol. The second-order valence-corrected chi connectivity index (χ2v) is 8.53. The Kier molecular flexibility index (Phi) is 6.90. The lowest BCUT2D eigenvalue weighted by Gasteiger charge is -2.38. The average molecular weight is 349 g/mol. The Bertz CT molecular complexity index is 523. The molecule has 2 aliphatic carbocycles. The largest absolute Gasteiger partial charge is 0.204 e. The first-order chi connectivity index (χ1) is 12.2. The van der Waals surface area contributed by atoms with Crippen LogP contribution in [0.2, 0.25) is 0 Å². The molecule has 2 aliphatic rings. The highest BCUT2D eigenvalue weighted by Gasteiger charge is 2.32. The molecule has 3 rings (SSSR count). The van der Waals surface area contributed by atoms with Gasteiger partial charge >= 0.3 is 0 Å². The van der Waals surface area contributed by atoms with E-state index in [1.165, 1.54) is 70.3 Å². The van der Waals surface area contributed by atoms with Crippen molar-refractivity contribution in [2.75, 3.05) is 0 Å². The third-order valence-corrected chi connectivity index (χ3v) is 6.97. The number of unbranched alkanes of at least 4 members (excludes halogenated alkanes) is 2. The van der Waals surface area contributed by atoms with E-state index >= 15 is 0 Å². The first kappa shape index (κ1) is 18.9. The van der Waals surface area contributed by atoms with Crippen molar-refractivity contribution in [3.8, 4) is 0 Å². The third kappa shape index (κ3) is 4.83. The lowest BCUT2D eigenvalue weighted by atomic mass is 9.68. The second-order valence-electron chi connectivity index (χ2n) is 8.53. The molecule has 0 amide bonds. The maximum atomic E-state index is 14.0. The molecule has 2 fully saturated rings. The van der Waals surface area contributed by atoms with E-state index in [4.69, 9.17) is 0 Å². The highest BCUT2D eigenvalue weighted by Crippen LogP contribution is 2.45. The van der Waals surface area contributed by atoms with E-state index in [1.807, 2.05) is 0 Å². The molecule has 0 aromatic heterocycles. The molecule has 0 radical (unpaired) electrons. The molecule has 0 heterocycles. The van der Waals surface area contributed by atoms with Gasteiger partial charge in [-0.25, -0.2) is 8.78 Å². The first-order valence-electron chi connectivity index (χ1n) is 10.6. The van der Waals surface area contributed by atoms with Crippen LogP contribution in [0.25, 0.3) is 0 Å². The van der Waals surface area contributed by atoms with Crippen LogP contribution in [0.5, 0.6) is 0 Å². The molecule has 1 aromatic rings. The minimum atomic E-state index is -0.694. The van der Waals surface area contributed by atoms with Gasteiger partial charge in [0.2, 0.25) is 0 Å². The summed E-state index contributed by atoms with van der Waals surface area (Å²) in [7, 11) is 0. The molecule has 0 unspecified atom stereocenters. The molecule has 0 spiro atoms. The molecule has 0 atom stereocenters. The Balaban J connectivity index is 1.45. The van der Waals surface area contributed by atoms with Crippen LogP contribution >= 0.6 is 0 Å². The van der Waals surface area contributed by atoms with Gasteiger partial charge in [0.05, 0.1) is 0 Å². The number of benzene rings is 1. The average Bonchev–Trinajstić information content (AvgIpc) is 2.65. The van der Waals surface area contributed by atoms with Crippen LogP contribution in [0.3, 0.4) is 0 Å². The molecule has 0 bridgehead atoms. The predicted octanol–water partition coefficient (Wildman–Crippen LogP) is 7.63. The summed E-state index contributed by atoms with van der Waals surface area (Å²) in [5.41, 5.74) is 0.609. The van der Waals surface area contributed by atoms with Crippen molar-refractivity contribution in [2.24, 2.45) is 17.8 Å². The molecule has 0 N–H and O–H groups in total. The van der Waals surface area contributed by atoms with Gasteiger partial charge in [0.25, 0.3) is 0 Å². The highest BCUT2D eigenvalue weighted by atomic mass is 19.2. The van der Waals surface area contributed by atoms with Crippen LogP contribution in [-0.4, -0.2) is 0 Å². The van der Waals surface area contributed by atoms with E-state index in [0.29, 0.717) is 5.56 Å². The standard InChI is InChI=1S/C23H34F2/c1-2-3-4-6-17-9-11-18(12-10-17)19-13-15-20(16-14-19)21-7-5-8-22(24)23(21)25/h5,7-8,17-20H,2-4,6,9-16H2,1H3. The summed E-state index contributed by atoms with van der Waals surface area (Å²) in [6.45, 7) is 2.28. The predicted molar refractivity (Wildman–Crippen MR) is 101 cm³/mol. The number of halogens is 2. The topological polar surface area (TPSA) is 0 Å². The first-order valence-corrected chi connectivity index (χ1v) is 10.6. The lowest BCUT2D eigenvalue weighted by molar-refractivity contribution is 0.155. The number of hydrogen-bond acceptors (Lipinski definition) is 0. The van der Waals surface area contributed by atoms with Crippen LogP contribution in [0, 0.1) is 29.4 Å². The van der Waals surface area contributed by atoms with Crippen molar-refractivity contribution in [3.63, 3.8) is 0 Å². The Morgan fingerprint density at radius 1 is 0.840 bits per heavy atom. The van der Waals surface area contributed by atoms with Gasteiger partial charge in [-0.3, -0.25) is 0 Å². The van der Waals surface area contributed by atoms with E-state index < -0.39 is 11.6 Å². The zero-order valence-corrected chi connectivity index (χ0v) is 15.8. The maximum absolute atomic E-state index is 14.0. The Morgan fingerprint density at radius 3 is 2.12 bits per heavy atom. The van der Waals surface area contributed by atoms with Gasteiger partial charge in [-0.15, -0.1) is 0 Å². The van der Waals surface area contributed by atoms with Crippen molar-refractivity contribution < 1.29 is 8.78 Å². The lowest BCUT2D eigenvalue weighted by Crippen LogP contribution is -2.25. The number of hydrogen-bond donors (Lipinski definition) is 0. The zero-order valence-electron chi connectivity index (χ0n) is 15.8. The molecule has 140 valence electrons. The van der Waals surface area contributed by atoms with Crippen molar-refractivity contribution >= 4 is 0 Å². The van der Waals surface area contributed by atoms with Gasteiger partial charge in [-0.1, -0.05) is 57.6 Å². The van der Waals surface area contributed by atoms with E-state index in [2.05, 4.69) is 6.92 Å². The fourth-order valence-corrected chi connectivity index (χ4v) is 5.37. The zero-order chi connectivity index (χ0) is 17.6. The SMILES string of the molecule is CCCCCC1CCC(C2CCC(c3cccc(F)c3F)CC2)CC1. The minimum Gasteiger partial charge on any atom is -0.204 e. The van der Waals surface area contributed by atoms with Crippen molar-refractivity contribution in [2.45, 2.75) is 89.9 Å². The molecule has 25 heavy (non-hydrogen) atoms. The van der Waals surface area contributed by atoms with Gasteiger partial charge in [-0.05, 0) is 73.8 Å². The Morgan fingerprint density at radius 2 is 1.48 bits per heavy atom. The van der Waals surface area contributed by atoms with Gasteiger partial charge in [0.1, 0.15) is 0 Å². The second kappa shape index (κ2) is 9.14. The highest BCUT2D eigenvalue weighted by molar-refractivity contribution is 5.23. The molecule has 0 aliphatic heterocycles. The van der Waals surface area contributed by atoms with Crippen LogP contribution in [0.1, 0.15) is 95.5 Å². The summed E-state index contributed by atoms with van der Waals surface area (Å²) in [4.78, 5) is 0. The molecule has 2 saturated carbocycles. The van der Waals surface area contributed by atoms with Crippen LogP contribution in [0.15, 0.2) is 18.2 Å². The van der Waals surface area contributed by atoms with Crippen LogP contribution < -0.4 is 0 Å². The maximum Gasteiger partial charge on any atom is 0.162 e. The summed E-state index contributed by atoms with van der Waals surface area (Å²) >= 11 is 0. The van der Waals surface area contributed by atoms with Gasteiger partial charge in [0, 0.05) is 0 Å². The summed E-state index contributed by atoms with van der Waals surface area (Å²) < 4.78 is 27.5. The summed E-state index contributed by atoms with van der Waals surface area (Å²) in [5.74, 6) is 1.60. The van der Waals surface area contributed by atoms with Crippen LogP contribution in [-0.2, 0) is 0 Å².